The monoisotopic (exact) mass is 289 g/mol. The van der Waals surface area contributed by atoms with Crippen molar-refractivity contribution < 1.29 is 0 Å². The molecule has 19 heavy (non-hydrogen) atoms. The van der Waals surface area contributed by atoms with Crippen molar-refractivity contribution in [1.29, 1.82) is 0 Å². The van der Waals surface area contributed by atoms with Crippen molar-refractivity contribution in [2.24, 2.45) is 0 Å². The second kappa shape index (κ2) is 5.27. The van der Waals surface area contributed by atoms with Crippen LogP contribution in [0, 0.1) is 13.8 Å². The molecule has 0 saturated carbocycles. The number of hydrogen-bond acceptors (Lipinski definition) is 5. The number of rotatable bonds is 4. The summed E-state index contributed by atoms with van der Waals surface area (Å²) in [7, 11) is 0. The molecule has 3 aromatic heterocycles. The zero-order valence-corrected chi connectivity index (χ0v) is 12.6. The molecule has 0 amide bonds. The Morgan fingerprint density at radius 1 is 1.26 bits per heavy atom. The summed E-state index contributed by atoms with van der Waals surface area (Å²) in [5.41, 5.74) is 1.29. The van der Waals surface area contributed by atoms with E-state index in [4.69, 9.17) is 0 Å². The number of fused-ring (bicyclic) bond motifs is 1. The Morgan fingerprint density at radius 2 is 2.16 bits per heavy atom. The average Bonchev–Trinajstić information content (AvgIpc) is 3.00. The van der Waals surface area contributed by atoms with Crippen LogP contribution in [-0.2, 0) is 6.42 Å². The molecule has 0 fully saturated rings. The molecular weight excluding hydrogens is 274 g/mol. The number of hydrogen-bond donors (Lipinski definition) is 1. The molecule has 0 atom stereocenters. The van der Waals surface area contributed by atoms with Crippen LogP contribution in [0.5, 0.6) is 0 Å². The zero-order chi connectivity index (χ0) is 13.2. The molecule has 3 heterocycles. The highest BCUT2D eigenvalue weighted by molar-refractivity contribution is 7.18. The summed E-state index contributed by atoms with van der Waals surface area (Å²) < 4.78 is 0. The topological polar surface area (TPSA) is 37.8 Å². The fraction of sp³-hybridized carbons (Fsp3) is 0.286. The summed E-state index contributed by atoms with van der Waals surface area (Å²) in [5, 5.41) is 6.74. The molecule has 0 bridgehead atoms. The largest absolute Gasteiger partial charge is 0.369 e. The lowest BCUT2D eigenvalue weighted by molar-refractivity contribution is 1.03. The van der Waals surface area contributed by atoms with Gasteiger partial charge in [0.05, 0.1) is 5.39 Å². The summed E-state index contributed by atoms with van der Waals surface area (Å²) in [6, 6.07) is 4.26. The fourth-order valence-electron chi connectivity index (χ4n) is 2.08. The first-order chi connectivity index (χ1) is 9.25. The van der Waals surface area contributed by atoms with E-state index in [9.17, 15) is 0 Å². The minimum atomic E-state index is 0.904. The molecule has 0 radical (unpaired) electrons. The van der Waals surface area contributed by atoms with Crippen molar-refractivity contribution in [1.82, 2.24) is 9.97 Å². The van der Waals surface area contributed by atoms with Gasteiger partial charge >= 0.3 is 0 Å². The van der Waals surface area contributed by atoms with Crippen LogP contribution in [0.3, 0.4) is 0 Å². The van der Waals surface area contributed by atoms with Crippen molar-refractivity contribution in [2.45, 2.75) is 20.3 Å². The SMILES string of the molecule is Cc1sc2ncnc(NCCc3cccs3)c2c1C. The van der Waals surface area contributed by atoms with Crippen molar-refractivity contribution in [3.63, 3.8) is 0 Å². The van der Waals surface area contributed by atoms with E-state index in [2.05, 4.69) is 46.6 Å². The van der Waals surface area contributed by atoms with E-state index in [1.807, 2.05) is 0 Å². The van der Waals surface area contributed by atoms with E-state index in [0.717, 1.165) is 23.6 Å². The van der Waals surface area contributed by atoms with Gasteiger partial charge in [-0.2, -0.15) is 0 Å². The van der Waals surface area contributed by atoms with E-state index in [-0.39, 0.29) is 0 Å². The Morgan fingerprint density at radius 3 is 2.95 bits per heavy atom. The number of aryl methyl sites for hydroxylation is 2. The molecule has 3 rings (SSSR count). The molecule has 1 N–H and O–H groups in total. The van der Waals surface area contributed by atoms with Crippen molar-refractivity contribution >= 4 is 38.7 Å². The van der Waals surface area contributed by atoms with Gasteiger partial charge in [0.15, 0.2) is 0 Å². The van der Waals surface area contributed by atoms with Gasteiger partial charge in [0, 0.05) is 16.3 Å². The Labute approximate surface area is 120 Å². The molecule has 5 heteroatoms. The first-order valence-corrected chi connectivity index (χ1v) is 7.92. The molecule has 3 nitrogen and oxygen atoms in total. The lowest BCUT2D eigenvalue weighted by Crippen LogP contribution is -2.06. The lowest BCUT2D eigenvalue weighted by atomic mass is 10.2. The minimum Gasteiger partial charge on any atom is -0.369 e. The Kier molecular flexibility index (Phi) is 3.48. The van der Waals surface area contributed by atoms with Crippen LogP contribution in [0.15, 0.2) is 23.8 Å². The number of nitrogens with one attached hydrogen (secondary N) is 1. The van der Waals surface area contributed by atoms with Crippen LogP contribution in [0.4, 0.5) is 5.82 Å². The summed E-state index contributed by atoms with van der Waals surface area (Å²) in [6.07, 6.45) is 2.68. The van der Waals surface area contributed by atoms with Crippen LogP contribution in [0.1, 0.15) is 15.3 Å². The predicted molar refractivity (Wildman–Crippen MR) is 83.4 cm³/mol. The maximum absolute atomic E-state index is 4.39. The van der Waals surface area contributed by atoms with Gasteiger partial charge in [-0.25, -0.2) is 9.97 Å². The van der Waals surface area contributed by atoms with Gasteiger partial charge in [-0.15, -0.1) is 22.7 Å². The normalized spacial score (nSPS) is 11.1. The van der Waals surface area contributed by atoms with Crippen molar-refractivity contribution in [3.05, 3.63) is 39.2 Å². The maximum atomic E-state index is 4.39. The number of aromatic nitrogens is 2. The molecular formula is C14H15N3S2. The lowest BCUT2D eigenvalue weighted by Gasteiger charge is -2.06. The van der Waals surface area contributed by atoms with Gasteiger partial charge in [0.25, 0.3) is 0 Å². The number of anilines is 1. The Hall–Kier alpha value is -1.46. The van der Waals surface area contributed by atoms with Gasteiger partial charge in [-0.3, -0.25) is 0 Å². The van der Waals surface area contributed by atoms with Crippen LogP contribution in [0.2, 0.25) is 0 Å². The molecule has 0 aromatic carbocycles. The van der Waals surface area contributed by atoms with E-state index in [1.54, 1.807) is 29.0 Å². The molecule has 0 unspecified atom stereocenters. The summed E-state index contributed by atoms with van der Waals surface area (Å²) in [6.45, 7) is 5.18. The minimum absolute atomic E-state index is 0.904. The Bertz CT molecular complexity index is 686. The predicted octanol–water partition coefficient (Wildman–Crippen LogP) is 4.02. The average molecular weight is 289 g/mol. The van der Waals surface area contributed by atoms with E-state index >= 15 is 0 Å². The Balaban J connectivity index is 1.80. The third kappa shape index (κ3) is 2.48. The third-order valence-electron chi connectivity index (χ3n) is 3.21. The van der Waals surface area contributed by atoms with Crippen LogP contribution in [-0.4, -0.2) is 16.5 Å². The van der Waals surface area contributed by atoms with Crippen molar-refractivity contribution in [2.75, 3.05) is 11.9 Å². The molecule has 3 aromatic rings. The van der Waals surface area contributed by atoms with Crippen LogP contribution < -0.4 is 5.32 Å². The highest BCUT2D eigenvalue weighted by Gasteiger charge is 2.11. The van der Waals surface area contributed by atoms with Gasteiger partial charge < -0.3 is 5.32 Å². The molecule has 0 aliphatic carbocycles. The molecule has 98 valence electrons. The molecule has 0 saturated heterocycles. The molecule has 0 spiro atoms. The maximum Gasteiger partial charge on any atom is 0.138 e. The smallest absolute Gasteiger partial charge is 0.138 e. The van der Waals surface area contributed by atoms with Crippen LogP contribution >= 0.6 is 22.7 Å². The molecule has 0 aliphatic heterocycles. The summed E-state index contributed by atoms with van der Waals surface area (Å²) in [5.74, 6) is 0.961. The molecule has 0 aliphatic rings. The first kappa shape index (κ1) is 12.6. The van der Waals surface area contributed by atoms with Gasteiger partial charge in [-0.05, 0) is 37.3 Å². The van der Waals surface area contributed by atoms with E-state index in [1.165, 1.54) is 20.7 Å². The first-order valence-electron chi connectivity index (χ1n) is 6.22. The van der Waals surface area contributed by atoms with Crippen molar-refractivity contribution in [3.8, 4) is 0 Å². The van der Waals surface area contributed by atoms with Gasteiger partial charge in [-0.1, -0.05) is 6.07 Å². The summed E-state index contributed by atoms with van der Waals surface area (Å²) >= 11 is 3.53. The summed E-state index contributed by atoms with van der Waals surface area (Å²) in [4.78, 5) is 12.5. The zero-order valence-electron chi connectivity index (χ0n) is 10.9. The number of thiophene rings is 2. The fourth-order valence-corrected chi connectivity index (χ4v) is 3.78. The second-order valence-electron chi connectivity index (χ2n) is 4.44. The van der Waals surface area contributed by atoms with E-state index < -0.39 is 0 Å². The van der Waals surface area contributed by atoms with Crippen LogP contribution in [0.25, 0.3) is 10.2 Å². The standard InChI is InChI=1S/C14H15N3S2/c1-9-10(2)19-14-12(9)13(16-8-17-14)15-6-5-11-4-3-7-18-11/h3-4,7-8H,5-6H2,1-2H3,(H,15,16,17). The highest BCUT2D eigenvalue weighted by atomic mass is 32.1. The second-order valence-corrected chi connectivity index (χ2v) is 6.68. The van der Waals surface area contributed by atoms with E-state index in [0.29, 0.717) is 0 Å². The van der Waals surface area contributed by atoms with Gasteiger partial charge in [0.2, 0.25) is 0 Å². The van der Waals surface area contributed by atoms with Gasteiger partial charge in [0.1, 0.15) is 17.0 Å². The number of nitrogens with zero attached hydrogens (tertiary/aromatic N) is 2. The highest BCUT2D eigenvalue weighted by Crippen LogP contribution is 2.32. The quantitative estimate of drug-likeness (QED) is 0.788. The third-order valence-corrected chi connectivity index (χ3v) is 5.26.